The molecule has 1 aliphatic rings. The van der Waals surface area contributed by atoms with E-state index in [4.69, 9.17) is 5.73 Å². The van der Waals surface area contributed by atoms with Gasteiger partial charge in [0.15, 0.2) is 0 Å². The molecule has 1 amide bonds. The average molecular weight is 214 g/mol. The van der Waals surface area contributed by atoms with Gasteiger partial charge in [-0.05, 0) is 18.8 Å². The molecule has 0 bridgehead atoms. The highest BCUT2D eigenvalue weighted by Crippen LogP contribution is 2.20. The monoisotopic (exact) mass is 214 g/mol. The number of rotatable bonds is 4. The summed E-state index contributed by atoms with van der Waals surface area (Å²) in [5, 5.41) is 9.42. The molecule has 0 aliphatic carbocycles. The van der Waals surface area contributed by atoms with Gasteiger partial charge in [-0.1, -0.05) is 13.3 Å². The van der Waals surface area contributed by atoms with Gasteiger partial charge in [-0.3, -0.25) is 4.79 Å². The molecule has 4 nitrogen and oxygen atoms in total. The van der Waals surface area contributed by atoms with Crippen molar-refractivity contribution < 1.29 is 9.90 Å². The van der Waals surface area contributed by atoms with Crippen molar-refractivity contribution in [3.8, 4) is 0 Å². The Morgan fingerprint density at radius 3 is 2.93 bits per heavy atom. The summed E-state index contributed by atoms with van der Waals surface area (Å²) in [5.41, 5.74) is 5.34. The maximum absolute atomic E-state index is 11.7. The molecule has 3 N–H and O–H groups in total. The van der Waals surface area contributed by atoms with Crippen LogP contribution in [-0.4, -0.2) is 41.7 Å². The summed E-state index contributed by atoms with van der Waals surface area (Å²) >= 11 is 0. The predicted octanol–water partition coefficient (Wildman–Crippen LogP) is 0.345. The quantitative estimate of drug-likeness (QED) is 0.709. The average Bonchev–Trinajstić information content (AvgIpc) is 2.42. The summed E-state index contributed by atoms with van der Waals surface area (Å²) in [6.45, 7) is 3.56. The lowest BCUT2D eigenvalue weighted by molar-refractivity contribution is -0.132. The van der Waals surface area contributed by atoms with Crippen molar-refractivity contribution in [1.29, 1.82) is 0 Å². The third-order valence-corrected chi connectivity index (χ3v) is 3.21. The molecule has 1 rings (SSSR count). The van der Waals surface area contributed by atoms with Gasteiger partial charge in [-0.15, -0.1) is 0 Å². The fourth-order valence-corrected chi connectivity index (χ4v) is 2.02. The Morgan fingerprint density at radius 1 is 1.60 bits per heavy atom. The Morgan fingerprint density at radius 2 is 2.33 bits per heavy atom. The van der Waals surface area contributed by atoms with Gasteiger partial charge in [0, 0.05) is 26.1 Å². The van der Waals surface area contributed by atoms with Crippen LogP contribution in [0.2, 0.25) is 0 Å². The molecule has 88 valence electrons. The zero-order valence-corrected chi connectivity index (χ0v) is 9.48. The van der Waals surface area contributed by atoms with E-state index in [0.29, 0.717) is 18.9 Å². The van der Waals surface area contributed by atoms with E-state index in [2.05, 4.69) is 6.92 Å². The van der Waals surface area contributed by atoms with Crippen molar-refractivity contribution >= 4 is 5.91 Å². The fourth-order valence-electron chi connectivity index (χ4n) is 2.02. The standard InChI is InChI=1S/C11H22N2O2/c1-2-9-3-4-11(15)13(6-5-9)8-10(14)7-12/h9-10,14H,2-8,12H2,1H3. The van der Waals surface area contributed by atoms with Crippen molar-refractivity contribution in [2.45, 2.75) is 38.7 Å². The van der Waals surface area contributed by atoms with Gasteiger partial charge in [0.25, 0.3) is 0 Å². The predicted molar refractivity (Wildman–Crippen MR) is 59.3 cm³/mol. The topological polar surface area (TPSA) is 66.6 Å². The first-order valence-electron chi connectivity index (χ1n) is 5.83. The van der Waals surface area contributed by atoms with E-state index < -0.39 is 6.10 Å². The normalized spacial score (nSPS) is 25.1. The van der Waals surface area contributed by atoms with Crippen molar-refractivity contribution in [1.82, 2.24) is 4.90 Å². The molecule has 15 heavy (non-hydrogen) atoms. The number of likely N-dealkylation sites (tertiary alicyclic amines) is 1. The number of carbonyl (C=O) groups excluding carboxylic acids is 1. The summed E-state index contributed by atoms with van der Waals surface area (Å²) < 4.78 is 0. The van der Waals surface area contributed by atoms with E-state index in [1.165, 1.54) is 0 Å². The minimum atomic E-state index is -0.577. The second-order valence-electron chi connectivity index (χ2n) is 4.33. The van der Waals surface area contributed by atoms with E-state index >= 15 is 0 Å². The molecule has 0 spiro atoms. The highest BCUT2D eigenvalue weighted by atomic mass is 16.3. The molecule has 0 aromatic carbocycles. The molecule has 1 heterocycles. The number of carbonyl (C=O) groups is 1. The molecule has 0 aromatic rings. The van der Waals surface area contributed by atoms with Crippen molar-refractivity contribution in [2.24, 2.45) is 11.7 Å². The first-order valence-corrected chi connectivity index (χ1v) is 5.83. The van der Waals surface area contributed by atoms with Crippen LogP contribution in [0.5, 0.6) is 0 Å². The maximum Gasteiger partial charge on any atom is 0.222 e. The van der Waals surface area contributed by atoms with Crippen LogP contribution in [0.25, 0.3) is 0 Å². The van der Waals surface area contributed by atoms with Crippen LogP contribution in [0.15, 0.2) is 0 Å². The highest BCUT2D eigenvalue weighted by Gasteiger charge is 2.22. The highest BCUT2D eigenvalue weighted by molar-refractivity contribution is 5.76. The molecular weight excluding hydrogens is 192 g/mol. The van der Waals surface area contributed by atoms with Gasteiger partial charge >= 0.3 is 0 Å². The number of hydrogen-bond donors (Lipinski definition) is 2. The van der Waals surface area contributed by atoms with E-state index in [-0.39, 0.29) is 12.5 Å². The number of nitrogens with two attached hydrogens (primary N) is 1. The van der Waals surface area contributed by atoms with Crippen LogP contribution in [0, 0.1) is 5.92 Å². The SMILES string of the molecule is CCC1CCC(=O)N(CC(O)CN)CC1. The molecule has 2 unspecified atom stereocenters. The molecule has 1 fully saturated rings. The van der Waals surface area contributed by atoms with Gasteiger partial charge in [0.1, 0.15) is 0 Å². The minimum Gasteiger partial charge on any atom is -0.390 e. The number of nitrogens with zero attached hydrogens (tertiary/aromatic N) is 1. The molecule has 0 aromatic heterocycles. The first-order chi connectivity index (χ1) is 7.17. The summed E-state index contributed by atoms with van der Waals surface area (Å²) in [6, 6.07) is 0. The lowest BCUT2D eigenvalue weighted by atomic mass is 9.98. The molecule has 1 aliphatic heterocycles. The molecule has 2 atom stereocenters. The lowest BCUT2D eigenvalue weighted by Gasteiger charge is -2.23. The largest absolute Gasteiger partial charge is 0.390 e. The first kappa shape index (κ1) is 12.5. The van der Waals surface area contributed by atoms with Gasteiger partial charge in [-0.25, -0.2) is 0 Å². The van der Waals surface area contributed by atoms with Crippen LogP contribution in [0.3, 0.4) is 0 Å². The molecule has 0 saturated carbocycles. The summed E-state index contributed by atoms with van der Waals surface area (Å²) in [5.74, 6) is 0.826. The zero-order valence-electron chi connectivity index (χ0n) is 9.48. The van der Waals surface area contributed by atoms with E-state index in [9.17, 15) is 9.90 Å². The molecule has 4 heteroatoms. The molecular formula is C11H22N2O2. The number of aliphatic hydroxyl groups excluding tert-OH is 1. The second kappa shape index (κ2) is 6.08. The lowest BCUT2D eigenvalue weighted by Crippen LogP contribution is -2.40. The zero-order chi connectivity index (χ0) is 11.3. The Kier molecular flexibility index (Phi) is 5.05. The van der Waals surface area contributed by atoms with Crippen LogP contribution in [-0.2, 0) is 4.79 Å². The van der Waals surface area contributed by atoms with Crippen molar-refractivity contribution in [3.05, 3.63) is 0 Å². The molecule has 1 saturated heterocycles. The number of β-amino-alcohol motifs (C(OH)–C–C–N with tert-alkyl or cyclic N) is 1. The van der Waals surface area contributed by atoms with Crippen LogP contribution in [0.4, 0.5) is 0 Å². The maximum atomic E-state index is 11.7. The van der Waals surface area contributed by atoms with Crippen molar-refractivity contribution in [2.75, 3.05) is 19.6 Å². The Bertz CT molecular complexity index is 209. The smallest absolute Gasteiger partial charge is 0.222 e. The van der Waals surface area contributed by atoms with Gasteiger partial charge in [-0.2, -0.15) is 0 Å². The van der Waals surface area contributed by atoms with Crippen LogP contribution in [0.1, 0.15) is 32.6 Å². The third kappa shape index (κ3) is 3.80. The number of amides is 1. The number of aliphatic hydroxyl groups is 1. The van der Waals surface area contributed by atoms with Gasteiger partial charge in [0.2, 0.25) is 5.91 Å². The number of hydrogen-bond acceptors (Lipinski definition) is 3. The van der Waals surface area contributed by atoms with Crippen LogP contribution >= 0.6 is 0 Å². The Hall–Kier alpha value is -0.610. The van der Waals surface area contributed by atoms with E-state index in [0.717, 1.165) is 25.8 Å². The van der Waals surface area contributed by atoms with Gasteiger partial charge in [0.05, 0.1) is 6.10 Å². The summed E-state index contributed by atoms with van der Waals surface area (Å²) in [4.78, 5) is 13.5. The van der Waals surface area contributed by atoms with Crippen LogP contribution < -0.4 is 5.73 Å². The third-order valence-electron chi connectivity index (χ3n) is 3.21. The summed E-state index contributed by atoms with van der Waals surface area (Å²) in [6.07, 6.45) is 3.23. The van der Waals surface area contributed by atoms with E-state index in [1.54, 1.807) is 4.90 Å². The molecule has 0 radical (unpaired) electrons. The Balaban J connectivity index is 2.46. The van der Waals surface area contributed by atoms with Gasteiger partial charge < -0.3 is 15.7 Å². The van der Waals surface area contributed by atoms with Crippen molar-refractivity contribution in [3.63, 3.8) is 0 Å². The summed E-state index contributed by atoms with van der Waals surface area (Å²) in [7, 11) is 0. The second-order valence-corrected chi connectivity index (χ2v) is 4.33. The van der Waals surface area contributed by atoms with E-state index in [1.807, 2.05) is 0 Å². The minimum absolute atomic E-state index is 0.165. The Labute approximate surface area is 91.4 Å². The fraction of sp³-hybridized carbons (Fsp3) is 0.909.